The maximum atomic E-state index is 13.4. The van der Waals surface area contributed by atoms with Crippen molar-refractivity contribution in [3.8, 4) is 0 Å². The number of benzene rings is 2. The summed E-state index contributed by atoms with van der Waals surface area (Å²) in [5, 5.41) is 0.646. The molecule has 0 heterocycles. The lowest BCUT2D eigenvalue weighted by atomic mass is 9.79. The van der Waals surface area contributed by atoms with Crippen molar-refractivity contribution < 1.29 is 4.39 Å². The summed E-state index contributed by atoms with van der Waals surface area (Å²) in [7, 11) is 0. The van der Waals surface area contributed by atoms with E-state index in [1.54, 1.807) is 12.1 Å². The summed E-state index contributed by atoms with van der Waals surface area (Å²) in [5.41, 5.74) is 1.51. The second kappa shape index (κ2) is 7.32. The van der Waals surface area contributed by atoms with Gasteiger partial charge in [-0.15, -0.1) is 23.2 Å². The monoisotopic (exact) mass is 408 g/mol. The molecule has 21 heavy (non-hydrogen) atoms. The summed E-state index contributed by atoms with van der Waals surface area (Å²) < 4.78 is 13.8. The standard InChI is InChI=1S/C16H13BrCl3F/c17-14-6-11(4-5-15(14)21)8-16(9-18,10-19)12-2-1-3-13(20)7-12/h1-7H,8-10H2. The molecule has 0 fully saturated rings. The van der Waals surface area contributed by atoms with E-state index in [-0.39, 0.29) is 5.82 Å². The quantitative estimate of drug-likeness (QED) is 0.515. The number of halogens is 5. The van der Waals surface area contributed by atoms with Crippen LogP contribution in [0.2, 0.25) is 5.02 Å². The fraction of sp³-hybridized carbons (Fsp3) is 0.250. The van der Waals surface area contributed by atoms with Crippen LogP contribution >= 0.6 is 50.7 Å². The molecule has 2 rings (SSSR count). The van der Waals surface area contributed by atoms with Gasteiger partial charge < -0.3 is 0 Å². The summed E-state index contributed by atoms with van der Waals surface area (Å²) in [5.74, 6) is 0.418. The summed E-state index contributed by atoms with van der Waals surface area (Å²) in [4.78, 5) is 0. The lowest BCUT2D eigenvalue weighted by Gasteiger charge is -2.30. The van der Waals surface area contributed by atoms with Gasteiger partial charge in [-0.1, -0.05) is 29.8 Å². The second-order valence-corrected chi connectivity index (χ2v) is 6.81. The summed E-state index contributed by atoms with van der Waals surface area (Å²) in [6.45, 7) is 0. The molecule has 0 saturated heterocycles. The molecular formula is C16H13BrCl3F. The molecule has 2 aromatic rings. The fourth-order valence-corrected chi connectivity index (χ4v) is 3.65. The van der Waals surface area contributed by atoms with E-state index < -0.39 is 5.41 Å². The minimum atomic E-state index is -0.439. The predicted octanol–water partition coefficient (Wildman–Crippen LogP) is 6.20. The van der Waals surface area contributed by atoms with Crippen LogP contribution in [0.15, 0.2) is 46.9 Å². The molecule has 112 valence electrons. The number of hydrogen-bond donors (Lipinski definition) is 0. The molecule has 2 aromatic carbocycles. The average Bonchev–Trinajstić information content (AvgIpc) is 2.48. The molecule has 0 aliphatic carbocycles. The van der Waals surface area contributed by atoms with Crippen molar-refractivity contribution in [3.05, 3.63) is 68.9 Å². The van der Waals surface area contributed by atoms with Crippen LogP contribution in [-0.4, -0.2) is 11.8 Å². The van der Waals surface area contributed by atoms with Gasteiger partial charge in [-0.05, 0) is 57.7 Å². The SMILES string of the molecule is Fc1ccc(CC(CCl)(CCl)c2cccc(Cl)c2)cc1Br. The van der Waals surface area contributed by atoms with Crippen LogP contribution in [0.4, 0.5) is 4.39 Å². The first-order valence-corrected chi connectivity index (χ1v) is 8.57. The van der Waals surface area contributed by atoms with E-state index in [9.17, 15) is 4.39 Å². The summed E-state index contributed by atoms with van der Waals surface area (Å²) >= 11 is 21.7. The predicted molar refractivity (Wildman–Crippen MR) is 92.4 cm³/mol. The van der Waals surface area contributed by atoms with Gasteiger partial charge in [0.25, 0.3) is 0 Å². The zero-order valence-corrected chi connectivity index (χ0v) is 14.9. The zero-order chi connectivity index (χ0) is 15.5. The van der Waals surface area contributed by atoms with Crippen molar-refractivity contribution in [2.24, 2.45) is 0 Å². The minimum Gasteiger partial charge on any atom is -0.206 e. The Hall–Kier alpha value is -0.280. The first-order valence-electron chi connectivity index (χ1n) is 6.33. The van der Waals surface area contributed by atoms with Crippen LogP contribution in [0.5, 0.6) is 0 Å². The molecule has 0 unspecified atom stereocenters. The Kier molecular flexibility index (Phi) is 5.96. The largest absolute Gasteiger partial charge is 0.206 e. The van der Waals surface area contributed by atoms with Crippen LogP contribution in [0.25, 0.3) is 0 Å². The van der Waals surface area contributed by atoms with Gasteiger partial charge in [0.1, 0.15) is 5.82 Å². The Morgan fingerprint density at radius 2 is 1.76 bits per heavy atom. The van der Waals surface area contributed by atoms with Crippen LogP contribution in [-0.2, 0) is 11.8 Å². The number of alkyl halides is 2. The Labute approximate surface area is 147 Å². The second-order valence-electron chi connectivity index (χ2n) is 4.98. The Morgan fingerprint density at radius 3 is 2.33 bits per heavy atom. The lowest BCUT2D eigenvalue weighted by molar-refractivity contribution is 0.534. The van der Waals surface area contributed by atoms with E-state index in [4.69, 9.17) is 34.8 Å². The van der Waals surface area contributed by atoms with Crippen LogP contribution in [0.1, 0.15) is 11.1 Å². The van der Waals surface area contributed by atoms with E-state index >= 15 is 0 Å². The van der Waals surface area contributed by atoms with Gasteiger partial charge in [0.2, 0.25) is 0 Å². The van der Waals surface area contributed by atoms with Crippen molar-refractivity contribution in [3.63, 3.8) is 0 Å². The smallest absolute Gasteiger partial charge is 0.137 e. The normalized spacial score (nSPS) is 11.7. The number of rotatable bonds is 5. The molecule has 0 saturated carbocycles. The third-order valence-corrected chi connectivity index (χ3v) is 5.34. The Bertz CT molecular complexity index is 627. The molecular weight excluding hydrogens is 397 g/mol. The molecule has 0 radical (unpaired) electrons. The first-order chi connectivity index (χ1) is 10.0. The molecule has 0 amide bonds. The minimum absolute atomic E-state index is 0.288. The van der Waals surface area contributed by atoms with Gasteiger partial charge in [0.05, 0.1) is 4.47 Å². The Morgan fingerprint density at radius 1 is 1.05 bits per heavy atom. The Balaban J connectivity index is 2.40. The van der Waals surface area contributed by atoms with Gasteiger partial charge in [-0.3, -0.25) is 0 Å². The van der Waals surface area contributed by atoms with Crippen LogP contribution < -0.4 is 0 Å². The molecule has 0 nitrogen and oxygen atoms in total. The third kappa shape index (κ3) is 3.92. The molecule has 0 aliphatic heterocycles. The van der Waals surface area contributed by atoms with Crippen molar-refractivity contribution in [2.45, 2.75) is 11.8 Å². The highest BCUT2D eigenvalue weighted by Crippen LogP contribution is 2.34. The van der Waals surface area contributed by atoms with Crippen molar-refractivity contribution in [1.29, 1.82) is 0 Å². The van der Waals surface area contributed by atoms with Gasteiger partial charge >= 0.3 is 0 Å². The highest BCUT2D eigenvalue weighted by molar-refractivity contribution is 9.10. The van der Waals surface area contributed by atoms with Crippen molar-refractivity contribution in [2.75, 3.05) is 11.8 Å². The van der Waals surface area contributed by atoms with Crippen LogP contribution in [0.3, 0.4) is 0 Å². The molecule has 0 aromatic heterocycles. The topological polar surface area (TPSA) is 0 Å². The summed E-state index contributed by atoms with van der Waals surface area (Å²) in [6.07, 6.45) is 0.610. The molecule has 0 spiro atoms. The van der Waals surface area contributed by atoms with Crippen LogP contribution in [0, 0.1) is 5.82 Å². The lowest BCUT2D eigenvalue weighted by Crippen LogP contribution is -2.33. The van der Waals surface area contributed by atoms with Crippen molar-refractivity contribution in [1.82, 2.24) is 0 Å². The molecule has 0 aliphatic rings. The van der Waals surface area contributed by atoms with Gasteiger partial charge in [-0.2, -0.15) is 0 Å². The maximum absolute atomic E-state index is 13.4. The van der Waals surface area contributed by atoms with Crippen molar-refractivity contribution >= 4 is 50.7 Å². The van der Waals surface area contributed by atoms with Gasteiger partial charge in [-0.25, -0.2) is 4.39 Å². The maximum Gasteiger partial charge on any atom is 0.137 e. The van der Waals surface area contributed by atoms with E-state index in [2.05, 4.69) is 15.9 Å². The fourth-order valence-electron chi connectivity index (χ4n) is 2.25. The third-order valence-electron chi connectivity index (χ3n) is 3.48. The molecule has 0 N–H and O–H groups in total. The molecule has 0 bridgehead atoms. The van der Waals surface area contributed by atoms with Gasteiger partial charge in [0, 0.05) is 22.2 Å². The highest BCUT2D eigenvalue weighted by Gasteiger charge is 2.31. The van der Waals surface area contributed by atoms with E-state index in [1.807, 2.05) is 24.3 Å². The zero-order valence-electron chi connectivity index (χ0n) is 11.1. The molecule has 0 atom stereocenters. The van der Waals surface area contributed by atoms with E-state index in [0.717, 1.165) is 11.1 Å². The average molecular weight is 411 g/mol. The van der Waals surface area contributed by atoms with E-state index in [1.165, 1.54) is 6.07 Å². The first kappa shape index (κ1) is 17.1. The highest BCUT2D eigenvalue weighted by atomic mass is 79.9. The number of hydrogen-bond acceptors (Lipinski definition) is 0. The molecule has 5 heteroatoms. The van der Waals surface area contributed by atoms with Gasteiger partial charge in [0.15, 0.2) is 0 Å². The van der Waals surface area contributed by atoms with E-state index in [0.29, 0.717) is 27.7 Å². The summed E-state index contributed by atoms with van der Waals surface area (Å²) in [6, 6.07) is 12.5.